The zero-order valence-electron chi connectivity index (χ0n) is 17.5. The first kappa shape index (κ1) is 20.9. The van der Waals surface area contributed by atoms with Crippen LogP contribution in [0.4, 0.5) is 0 Å². The van der Waals surface area contributed by atoms with Crippen LogP contribution >= 0.6 is 0 Å². The number of rotatable bonds is 7. The maximum absolute atomic E-state index is 12.0. The molecule has 0 saturated heterocycles. The Balaban J connectivity index is 1.60. The minimum absolute atomic E-state index is 0.0390. The molecule has 1 fully saturated rings. The lowest BCUT2D eigenvalue weighted by Crippen LogP contribution is -2.44. The van der Waals surface area contributed by atoms with Crippen molar-refractivity contribution in [2.45, 2.75) is 44.6 Å². The molecule has 0 atom stereocenters. The number of carbonyl (C=O) groups is 1. The molecule has 0 spiro atoms. The highest BCUT2D eigenvalue weighted by Crippen LogP contribution is 2.40. The molecule has 2 aromatic rings. The molecule has 2 aromatic carbocycles. The molecule has 0 aromatic heterocycles. The van der Waals surface area contributed by atoms with E-state index in [9.17, 15) is 4.79 Å². The standard InChI is InChI=1S/C24H32N4O/c1-3-26-22(29)20-11-9-10-19(16-20)17-27-23(25-2)28-18-24(14-7-8-15-24)21-12-5-4-6-13-21/h4-6,9-13,16H,3,7-8,14-15,17-18H2,1-2H3,(H,26,29)(H2,25,27,28). The van der Waals surface area contributed by atoms with Gasteiger partial charge in [0.15, 0.2) is 5.96 Å². The molecule has 0 radical (unpaired) electrons. The molecule has 0 unspecified atom stereocenters. The van der Waals surface area contributed by atoms with Gasteiger partial charge < -0.3 is 16.0 Å². The molecule has 1 amide bonds. The summed E-state index contributed by atoms with van der Waals surface area (Å²) in [5.41, 5.74) is 3.32. The smallest absolute Gasteiger partial charge is 0.251 e. The van der Waals surface area contributed by atoms with Crippen molar-refractivity contribution in [1.29, 1.82) is 0 Å². The first-order chi connectivity index (χ1) is 14.2. The van der Waals surface area contributed by atoms with Gasteiger partial charge in [0.05, 0.1) is 0 Å². The molecule has 0 aliphatic heterocycles. The second kappa shape index (κ2) is 10.1. The molecule has 3 rings (SSSR count). The minimum atomic E-state index is -0.0390. The molecule has 3 N–H and O–H groups in total. The van der Waals surface area contributed by atoms with Crippen molar-refractivity contribution in [2.24, 2.45) is 4.99 Å². The Labute approximate surface area is 174 Å². The largest absolute Gasteiger partial charge is 0.356 e. The quantitative estimate of drug-likeness (QED) is 0.498. The van der Waals surface area contributed by atoms with Crippen LogP contribution in [0.15, 0.2) is 59.6 Å². The van der Waals surface area contributed by atoms with Crippen LogP contribution < -0.4 is 16.0 Å². The summed E-state index contributed by atoms with van der Waals surface area (Å²) >= 11 is 0. The zero-order valence-corrected chi connectivity index (χ0v) is 17.5. The minimum Gasteiger partial charge on any atom is -0.356 e. The number of aliphatic imine (C=N–C) groups is 1. The molecule has 0 heterocycles. The summed E-state index contributed by atoms with van der Waals surface area (Å²) in [7, 11) is 1.80. The van der Waals surface area contributed by atoms with Gasteiger partial charge in [0, 0.05) is 37.7 Å². The second-order valence-electron chi connectivity index (χ2n) is 7.69. The van der Waals surface area contributed by atoms with Crippen LogP contribution in [-0.4, -0.2) is 32.0 Å². The van der Waals surface area contributed by atoms with Crippen LogP contribution in [0.25, 0.3) is 0 Å². The van der Waals surface area contributed by atoms with Crippen LogP contribution in [0.2, 0.25) is 0 Å². The van der Waals surface area contributed by atoms with Crippen molar-refractivity contribution in [3.05, 3.63) is 71.3 Å². The number of amides is 1. The number of guanidine groups is 1. The van der Waals surface area contributed by atoms with E-state index in [1.165, 1.54) is 31.2 Å². The maximum Gasteiger partial charge on any atom is 0.251 e. The highest BCUT2D eigenvalue weighted by Gasteiger charge is 2.35. The van der Waals surface area contributed by atoms with E-state index < -0.39 is 0 Å². The summed E-state index contributed by atoms with van der Waals surface area (Å²) in [6, 6.07) is 18.5. The first-order valence-electron chi connectivity index (χ1n) is 10.5. The van der Waals surface area contributed by atoms with Gasteiger partial charge >= 0.3 is 0 Å². The molecule has 5 heteroatoms. The predicted molar refractivity (Wildman–Crippen MR) is 119 cm³/mol. The van der Waals surface area contributed by atoms with E-state index in [2.05, 4.69) is 51.3 Å². The summed E-state index contributed by atoms with van der Waals surface area (Å²) in [6.45, 7) is 4.04. The molecule has 1 saturated carbocycles. The molecule has 5 nitrogen and oxygen atoms in total. The van der Waals surface area contributed by atoms with Crippen molar-refractivity contribution < 1.29 is 4.79 Å². The van der Waals surface area contributed by atoms with E-state index in [0.717, 1.165) is 18.1 Å². The van der Waals surface area contributed by atoms with Gasteiger partial charge in [-0.05, 0) is 43.0 Å². The monoisotopic (exact) mass is 392 g/mol. The van der Waals surface area contributed by atoms with Gasteiger partial charge in [0.2, 0.25) is 0 Å². The van der Waals surface area contributed by atoms with E-state index in [1.54, 1.807) is 7.05 Å². The Morgan fingerprint density at radius 3 is 2.45 bits per heavy atom. The molecule has 1 aliphatic rings. The third kappa shape index (κ3) is 5.37. The number of nitrogens with one attached hydrogen (secondary N) is 3. The fourth-order valence-electron chi connectivity index (χ4n) is 4.16. The lowest BCUT2D eigenvalue weighted by Gasteiger charge is -2.30. The number of hydrogen-bond acceptors (Lipinski definition) is 2. The number of hydrogen-bond donors (Lipinski definition) is 3. The van der Waals surface area contributed by atoms with Crippen LogP contribution in [0.5, 0.6) is 0 Å². The highest BCUT2D eigenvalue weighted by atomic mass is 16.1. The third-order valence-corrected chi connectivity index (χ3v) is 5.75. The average molecular weight is 393 g/mol. The Hall–Kier alpha value is -2.82. The van der Waals surface area contributed by atoms with E-state index in [0.29, 0.717) is 18.7 Å². The third-order valence-electron chi connectivity index (χ3n) is 5.75. The summed E-state index contributed by atoms with van der Waals surface area (Å²) < 4.78 is 0. The summed E-state index contributed by atoms with van der Waals surface area (Å²) in [5, 5.41) is 9.76. The normalized spacial score (nSPS) is 15.7. The Morgan fingerprint density at radius 2 is 1.76 bits per heavy atom. The molecule has 0 bridgehead atoms. The van der Waals surface area contributed by atoms with Crippen molar-refractivity contribution >= 4 is 11.9 Å². The summed E-state index contributed by atoms with van der Waals surface area (Å²) in [4.78, 5) is 16.4. The predicted octanol–water partition coefficient (Wildman–Crippen LogP) is 3.61. The van der Waals surface area contributed by atoms with E-state index >= 15 is 0 Å². The Bertz CT molecular complexity index is 826. The van der Waals surface area contributed by atoms with Gasteiger partial charge in [-0.1, -0.05) is 55.3 Å². The van der Waals surface area contributed by atoms with E-state index in [1.807, 2.05) is 31.2 Å². The zero-order chi connectivity index (χ0) is 20.5. The van der Waals surface area contributed by atoms with Crippen molar-refractivity contribution in [2.75, 3.05) is 20.1 Å². The fraction of sp³-hybridized carbons (Fsp3) is 0.417. The molecular formula is C24H32N4O. The molecular weight excluding hydrogens is 360 g/mol. The fourth-order valence-corrected chi connectivity index (χ4v) is 4.16. The summed E-state index contributed by atoms with van der Waals surface area (Å²) in [5.74, 6) is 0.749. The van der Waals surface area contributed by atoms with Gasteiger partial charge in [-0.15, -0.1) is 0 Å². The average Bonchev–Trinajstić information content (AvgIpc) is 3.25. The van der Waals surface area contributed by atoms with E-state index in [4.69, 9.17) is 0 Å². The van der Waals surface area contributed by atoms with Crippen LogP contribution in [0.3, 0.4) is 0 Å². The Kier molecular flexibility index (Phi) is 7.28. The van der Waals surface area contributed by atoms with Crippen LogP contribution in [0, 0.1) is 0 Å². The van der Waals surface area contributed by atoms with Gasteiger partial charge in [-0.25, -0.2) is 0 Å². The second-order valence-corrected chi connectivity index (χ2v) is 7.69. The number of nitrogens with zero attached hydrogens (tertiary/aromatic N) is 1. The topological polar surface area (TPSA) is 65.5 Å². The number of carbonyl (C=O) groups excluding carboxylic acids is 1. The lowest BCUT2D eigenvalue weighted by molar-refractivity contribution is 0.0955. The molecule has 29 heavy (non-hydrogen) atoms. The van der Waals surface area contributed by atoms with Gasteiger partial charge in [0.1, 0.15) is 0 Å². The first-order valence-corrected chi connectivity index (χ1v) is 10.5. The lowest BCUT2D eigenvalue weighted by atomic mass is 9.79. The van der Waals surface area contributed by atoms with Crippen LogP contribution in [0.1, 0.15) is 54.1 Å². The Morgan fingerprint density at radius 1 is 1.00 bits per heavy atom. The summed E-state index contributed by atoms with van der Waals surface area (Å²) in [6.07, 6.45) is 4.95. The van der Waals surface area contributed by atoms with Crippen LogP contribution in [-0.2, 0) is 12.0 Å². The molecule has 1 aliphatic carbocycles. The van der Waals surface area contributed by atoms with E-state index in [-0.39, 0.29) is 11.3 Å². The highest BCUT2D eigenvalue weighted by molar-refractivity contribution is 5.94. The number of benzene rings is 2. The van der Waals surface area contributed by atoms with Crippen molar-refractivity contribution in [3.63, 3.8) is 0 Å². The van der Waals surface area contributed by atoms with Gasteiger partial charge in [-0.3, -0.25) is 9.79 Å². The van der Waals surface area contributed by atoms with Gasteiger partial charge in [0.25, 0.3) is 5.91 Å². The molecule has 154 valence electrons. The maximum atomic E-state index is 12.0. The van der Waals surface area contributed by atoms with Gasteiger partial charge in [-0.2, -0.15) is 0 Å². The van der Waals surface area contributed by atoms with Crippen molar-refractivity contribution in [1.82, 2.24) is 16.0 Å². The SMILES string of the molecule is CCNC(=O)c1cccc(CNC(=NC)NCC2(c3ccccc3)CCCC2)c1. The van der Waals surface area contributed by atoms with Crippen molar-refractivity contribution in [3.8, 4) is 0 Å².